The SMILES string of the molecule is CCOC(=O)C1=C(N)Oc2c(c(C)nn2-c2ccccc2)C12C(=O)N(C)c1ccccc12. The van der Waals surface area contributed by atoms with E-state index < -0.39 is 11.4 Å². The van der Waals surface area contributed by atoms with E-state index in [1.54, 1.807) is 25.6 Å². The van der Waals surface area contributed by atoms with E-state index in [2.05, 4.69) is 5.10 Å². The molecule has 0 saturated carbocycles. The lowest BCUT2D eigenvalue weighted by Gasteiger charge is -2.34. The van der Waals surface area contributed by atoms with Gasteiger partial charge in [0, 0.05) is 18.3 Å². The summed E-state index contributed by atoms with van der Waals surface area (Å²) in [4.78, 5) is 28.7. The normalized spacial score (nSPS) is 19.1. The summed E-state index contributed by atoms with van der Waals surface area (Å²) < 4.78 is 12.9. The van der Waals surface area contributed by atoms with Crippen LogP contribution >= 0.6 is 0 Å². The molecule has 0 saturated heterocycles. The first-order valence-corrected chi connectivity index (χ1v) is 10.3. The van der Waals surface area contributed by atoms with Crippen LogP contribution in [0.15, 0.2) is 66.1 Å². The van der Waals surface area contributed by atoms with Gasteiger partial charge in [-0.15, -0.1) is 0 Å². The first-order valence-electron chi connectivity index (χ1n) is 10.3. The van der Waals surface area contributed by atoms with Crippen molar-refractivity contribution in [3.05, 3.63) is 82.9 Å². The number of benzene rings is 2. The summed E-state index contributed by atoms with van der Waals surface area (Å²) in [6.45, 7) is 3.63. The Morgan fingerprint density at radius 2 is 1.84 bits per heavy atom. The van der Waals surface area contributed by atoms with Crippen LogP contribution in [-0.2, 0) is 19.7 Å². The summed E-state index contributed by atoms with van der Waals surface area (Å²) in [5.41, 5.74) is 7.91. The summed E-state index contributed by atoms with van der Waals surface area (Å²) in [5.74, 6) is -0.880. The van der Waals surface area contributed by atoms with Gasteiger partial charge in [-0.1, -0.05) is 36.4 Å². The zero-order valence-corrected chi connectivity index (χ0v) is 18.0. The van der Waals surface area contributed by atoms with Crippen LogP contribution in [0.2, 0.25) is 0 Å². The highest BCUT2D eigenvalue weighted by molar-refractivity contribution is 6.18. The van der Waals surface area contributed by atoms with Crippen LogP contribution < -0.4 is 15.4 Å². The van der Waals surface area contributed by atoms with Crippen molar-refractivity contribution in [1.29, 1.82) is 0 Å². The molecule has 2 aliphatic heterocycles. The van der Waals surface area contributed by atoms with Crippen LogP contribution in [0.25, 0.3) is 5.69 Å². The van der Waals surface area contributed by atoms with Crippen molar-refractivity contribution >= 4 is 17.6 Å². The molecule has 8 heteroatoms. The van der Waals surface area contributed by atoms with Crippen LogP contribution in [0.1, 0.15) is 23.7 Å². The number of nitrogens with zero attached hydrogens (tertiary/aromatic N) is 3. The van der Waals surface area contributed by atoms with Crippen LogP contribution in [0, 0.1) is 6.92 Å². The number of carbonyl (C=O) groups excluding carboxylic acids is 2. The number of aromatic nitrogens is 2. The number of aryl methyl sites for hydroxylation is 1. The van der Waals surface area contributed by atoms with Crippen LogP contribution in [0.4, 0.5) is 5.69 Å². The van der Waals surface area contributed by atoms with Gasteiger partial charge in [0.25, 0.3) is 0 Å². The average Bonchev–Trinajstić information content (AvgIpc) is 3.23. The first kappa shape index (κ1) is 19.9. The number of rotatable bonds is 3. The summed E-state index contributed by atoms with van der Waals surface area (Å²) in [5, 5.41) is 4.67. The van der Waals surface area contributed by atoms with Gasteiger partial charge in [-0.25, -0.2) is 9.48 Å². The number of fused-ring (bicyclic) bond motifs is 4. The summed E-state index contributed by atoms with van der Waals surface area (Å²) in [6, 6.07) is 16.8. The van der Waals surface area contributed by atoms with Crippen molar-refractivity contribution < 1.29 is 19.1 Å². The molecule has 8 nitrogen and oxygen atoms in total. The number of amides is 1. The number of likely N-dealkylation sites (N-methyl/N-ethyl adjacent to an activating group) is 1. The minimum Gasteiger partial charge on any atom is -0.462 e. The summed E-state index contributed by atoms with van der Waals surface area (Å²) in [7, 11) is 1.68. The van der Waals surface area contributed by atoms with Gasteiger partial charge in [-0.2, -0.15) is 5.10 Å². The molecule has 1 spiro atoms. The van der Waals surface area contributed by atoms with E-state index in [-0.39, 0.29) is 24.0 Å². The molecule has 0 aliphatic carbocycles. The molecule has 2 aromatic carbocycles. The van der Waals surface area contributed by atoms with E-state index in [0.717, 1.165) is 5.69 Å². The molecule has 1 aromatic heterocycles. The average molecular weight is 430 g/mol. The van der Waals surface area contributed by atoms with E-state index in [0.29, 0.717) is 28.4 Å². The molecule has 3 heterocycles. The second-order valence-corrected chi connectivity index (χ2v) is 7.71. The van der Waals surface area contributed by atoms with Gasteiger partial charge in [0.05, 0.1) is 23.6 Å². The van der Waals surface area contributed by atoms with Gasteiger partial charge >= 0.3 is 5.97 Å². The van der Waals surface area contributed by atoms with E-state index in [4.69, 9.17) is 15.2 Å². The molecule has 0 fully saturated rings. The minimum atomic E-state index is -1.52. The fourth-order valence-electron chi connectivity index (χ4n) is 4.74. The highest BCUT2D eigenvalue weighted by atomic mass is 16.5. The number of hydrogen-bond donors (Lipinski definition) is 1. The van der Waals surface area contributed by atoms with Crippen LogP contribution in [-0.4, -0.2) is 35.3 Å². The number of esters is 1. The quantitative estimate of drug-likeness (QED) is 0.641. The number of para-hydroxylation sites is 2. The smallest absolute Gasteiger partial charge is 0.341 e. The molecule has 32 heavy (non-hydrogen) atoms. The molecule has 162 valence electrons. The maximum atomic E-state index is 14.0. The topological polar surface area (TPSA) is 99.7 Å². The van der Waals surface area contributed by atoms with Crippen LogP contribution in [0.3, 0.4) is 0 Å². The van der Waals surface area contributed by atoms with Gasteiger partial charge in [0.2, 0.25) is 17.7 Å². The fraction of sp³-hybridized carbons (Fsp3) is 0.208. The second-order valence-electron chi connectivity index (χ2n) is 7.71. The Balaban J connectivity index is 1.89. The lowest BCUT2D eigenvalue weighted by Crippen LogP contribution is -2.48. The van der Waals surface area contributed by atoms with Gasteiger partial charge in [-0.05, 0) is 32.0 Å². The molecular formula is C24H22N4O4. The Kier molecular flexibility index (Phi) is 4.33. The molecule has 0 radical (unpaired) electrons. The number of anilines is 1. The van der Waals surface area contributed by atoms with E-state index in [1.807, 2.05) is 54.6 Å². The number of nitrogens with two attached hydrogens (primary N) is 1. The summed E-state index contributed by atoms with van der Waals surface area (Å²) >= 11 is 0. The Labute approximate surface area is 184 Å². The van der Waals surface area contributed by atoms with E-state index in [9.17, 15) is 9.59 Å². The van der Waals surface area contributed by atoms with Gasteiger partial charge in [0.1, 0.15) is 11.0 Å². The Morgan fingerprint density at radius 3 is 2.56 bits per heavy atom. The third kappa shape index (κ3) is 2.40. The lowest BCUT2D eigenvalue weighted by molar-refractivity contribution is -0.140. The molecular weight excluding hydrogens is 408 g/mol. The molecule has 1 atom stereocenters. The number of ether oxygens (including phenoxy) is 2. The van der Waals surface area contributed by atoms with Crippen molar-refractivity contribution in [2.24, 2.45) is 5.73 Å². The first-order chi connectivity index (χ1) is 15.4. The molecule has 5 rings (SSSR count). The predicted octanol–water partition coefficient (Wildman–Crippen LogP) is 2.57. The minimum absolute atomic E-state index is 0.0237. The van der Waals surface area contributed by atoms with Crippen LogP contribution in [0.5, 0.6) is 5.88 Å². The monoisotopic (exact) mass is 430 g/mol. The van der Waals surface area contributed by atoms with Crippen molar-refractivity contribution in [2.45, 2.75) is 19.3 Å². The molecule has 0 bridgehead atoms. The fourth-order valence-corrected chi connectivity index (χ4v) is 4.74. The van der Waals surface area contributed by atoms with Crippen molar-refractivity contribution in [3.63, 3.8) is 0 Å². The standard InChI is InChI=1S/C24H22N4O4/c1-4-31-22(29)19-20(25)32-21-18(14(2)26-28(21)15-10-6-5-7-11-15)24(19)16-12-8-9-13-17(16)27(3)23(24)30/h5-13H,4,25H2,1-3H3. The Morgan fingerprint density at radius 1 is 1.16 bits per heavy atom. The third-order valence-electron chi connectivity index (χ3n) is 6.00. The van der Waals surface area contributed by atoms with Gasteiger partial charge < -0.3 is 20.1 Å². The highest BCUT2D eigenvalue weighted by Crippen LogP contribution is 2.56. The van der Waals surface area contributed by atoms with Crippen molar-refractivity contribution in [2.75, 3.05) is 18.6 Å². The van der Waals surface area contributed by atoms with E-state index in [1.165, 1.54) is 4.90 Å². The Hall–Kier alpha value is -4.07. The second kappa shape index (κ2) is 6.98. The van der Waals surface area contributed by atoms with Gasteiger partial charge in [0.15, 0.2) is 0 Å². The zero-order chi connectivity index (χ0) is 22.6. The largest absolute Gasteiger partial charge is 0.462 e. The maximum absolute atomic E-state index is 14.0. The summed E-state index contributed by atoms with van der Waals surface area (Å²) in [6.07, 6.45) is 0. The maximum Gasteiger partial charge on any atom is 0.341 e. The van der Waals surface area contributed by atoms with E-state index >= 15 is 0 Å². The number of carbonyl (C=O) groups is 2. The third-order valence-corrected chi connectivity index (χ3v) is 6.00. The van der Waals surface area contributed by atoms with Gasteiger partial charge in [-0.3, -0.25) is 4.79 Å². The molecule has 1 unspecified atom stereocenters. The molecule has 2 aliphatic rings. The van der Waals surface area contributed by atoms with Crippen molar-refractivity contribution in [3.8, 4) is 11.6 Å². The predicted molar refractivity (Wildman–Crippen MR) is 117 cm³/mol. The molecule has 3 aromatic rings. The molecule has 2 N–H and O–H groups in total. The van der Waals surface area contributed by atoms with Crippen molar-refractivity contribution in [1.82, 2.24) is 9.78 Å². The number of hydrogen-bond acceptors (Lipinski definition) is 6. The zero-order valence-electron chi connectivity index (χ0n) is 18.0. The molecule has 1 amide bonds. The Bertz CT molecular complexity index is 1290. The lowest BCUT2D eigenvalue weighted by atomic mass is 9.68. The highest BCUT2D eigenvalue weighted by Gasteiger charge is 2.62.